The molecule has 0 N–H and O–H groups in total. The van der Waals surface area contributed by atoms with Gasteiger partial charge >= 0.3 is 6.03 Å². The van der Waals surface area contributed by atoms with E-state index in [1.54, 1.807) is 41.4 Å². The molecule has 0 unspecified atom stereocenters. The molecule has 1 fully saturated rings. The van der Waals surface area contributed by atoms with Crippen LogP contribution in [0.15, 0.2) is 59.9 Å². The summed E-state index contributed by atoms with van der Waals surface area (Å²) in [4.78, 5) is 30.3. The van der Waals surface area contributed by atoms with E-state index in [0.29, 0.717) is 48.8 Å². The minimum absolute atomic E-state index is 0.183. The van der Waals surface area contributed by atoms with E-state index in [9.17, 15) is 13.2 Å². The van der Waals surface area contributed by atoms with Gasteiger partial charge in [-0.2, -0.15) is 4.98 Å². The fourth-order valence-corrected chi connectivity index (χ4v) is 6.09. The van der Waals surface area contributed by atoms with Gasteiger partial charge in [0.05, 0.1) is 24.8 Å². The highest BCUT2D eigenvalue weighted by Gasteiger charge is 2.30. The second-order valence-electron chi connectivity index (χ2n) is 9.95. The summed E-state index contributed by atoms with van der Waals surface area (Å²) in [6.45, 7) is 5.81. The first-order chi connectivity index (χ1) is 19.8. The Hall–Kier alpha value is -4.19. The van der Waals surface area contributed by atoms with E-state index < -0.39 is 10.0 Å². The van der Waals surface area contributed by atoms with Gasteiger partial charge < -0.3 is 14.4 Å². The van der Waals surface area contributed by atoms with E-state index in [0.717, 1.165) is 30.4 Å². The number of benzene rings is 1. The molecule has 0 atom stereocenters. The average molecular weight is 579 g/mol. The van der Waals surface area contributed by atoms with Crippen LogP contribution in [0, 0.1) is 6.92 Å². The molecule has 1 saturated heterocycles. The molecule has 1 aliphatic rings. The molecule has 5 rings (SSSR count). The maximum absolute atomic E-state index is 13.6. The molecule has 0 radical (unpaired) electrons. The van der Waals surface area contributed by atoms with Crippen molar-refractivity contribution in [2.24, 2.45) is 0 Å². The molecule has 4 aromatic rings. The Morgan fingerprint density at radius 1 is 1.02 bits per heavy atom. The summed E-state index contributed by atoms with van der Waals surface area (Å²) in [5, 5.41) is 0.663. The highest BCUT2D eigenvalue weighted by Crippen LogP contribution is 2.29. The van der Waals surface area contributed by atoms with Gasteiger partial charge in [0.15, 0.2) is 11.4 Å². The Labute approximate surface area is 239 Å². The van der Waals surface area contributed by atoms with Crippen molar-refractivity contribution in [3.8, 4) is 11.6 Å². The van der Waals surface area contributed by atoms with Crippen molar-refractivity contribution in [3.05, 3.63) is 66.1 Å². The van der Waals surface area contributed by atoms with Crippen molar-refractivity contribution in [1.29, 1.82) is 0 Å². The number of hydrogen-bond acceptors (Lipinski definition) is 8. The van der Waals surface area contributed by atoms with E-state index in [4.69, 9.17) is 9.47 Å². The third kappa shape index (κ3) is 5.83. The third-order valence-corrected chi connectivity index (χ3v) is 8.73. The van der Waals surface area contributed by atoms with Crippen molar-refractivity contribution in [1.82, 2.24) is 23.8 Å². The number of rotatable bonds is 11. The summed E-state index contributed by atoms with van der Waals surface area (Å²) in [6.07, 6.45) is 8.32. The summed E-state index contributed by atoms with van der Waals surface area (Å²) in [6, 6.07) is 10.00. The molecular formula is C29H34N6O5S. The Bertz CT molecular complexity index is 1640. The number of amides is 2. The predicted octanol–water partition coefficient (Wildman–Crippen LogP) is 4.78. The number of urea groups is 1. The molecule has 3 aromatic heterocycles. The number of carbonyl (C=O) groups excluding carboxylic acids is 1. The van der Waals surface area contributed by atoms with Gasteiger partial charge in [0.2, 0.25) is 5.95 Å². The van der Waals surface area contributed by atoms with Gasteiger partial charge in [0, 0.05) is 37.4 Å². The number of aryl methyl sites for hydroxylation is 1. The maximum Gasteiger partial charge on any atom is 0.327 e. The molecule has 12 heteroatoms. The third-order valence-electron chi connectivity index (χ3n) is 7.05. The minimum Gasteiger partial charge on any atom is -0.490 e. The van der Waals surface area contributed by atoms with Crippen LogP contribution < -0.4 is 14.4 Å². The number of unbranched alkanes of at least 4 members (excludes halogenated alkanes) is 2. The van der Waals surface area contributed by atoms with E-state index >= 15 is 0 Å². The van der Waals surface area contributed by atoms with Gasteiger partial charge in [0.1, 0.15) is 0 Å². The van der Waals surface area contributed by atoms with Gasteiger partial charge in [-0.1, -0.05) is 37.5 Å². The van der Waals surface area contributed by atoms with Gasteiger partial charge in [-0.05, 0) is 49.6 Å². The number of pyridine rings is 1. The fraction of sp³-hybridized carbons (Fsp3) is 0.379. The summed E-state index contributed by atoms with van der Waals surface area (Å²) in [5.74, 6) is 0.975. The average Bonchev–Trinajstić information content (AvgIpc) is 3.43. The molecule has 2 amide bonds. The number of fused-ring (bicyclic) bond motifs is 1. The first kappa shape index (κ1) is 28.3. The Kier molecular flexibility index (Phi) is 8.39. The Morgan fingerprint density at radius 3 is 2.59 bits per heavy atom. The van der Waals surface area contributed by atoms with Crippen molar-refractivity contribution in [3.63, 3.8) is 0 Å². The highest BCUT2D eigenvalue weighted by atomic mass is 32.2. The SMILES string of the molecule is CCCCCOc1nc(N2CCCN(Cc3ccnc4c3ccn4S(=O)(=O)c3ccc(C)cc3)C2=O)ncc1OC. The van der Waals surface area contributed by atoms with Crippen molar-refractivity contribution < 1.29 is 22.7 Å². The van der Waals surface area contributed by atoms with Gasteiger partial charge in [-0.3, -0.25) is 4.90 Å². The largest absolute Gasteiger partial charge is 0.490 e. The van der Waals surface area contributed by atoms with E-state index in [1.165, 1.54) is 28.4 Å². The highest BCUT2D eigenvalue weighted by molar-refractivity contribution is 7.90. The summed E-state index contributed by atoms with van der Waals surface area (Å²) >= 11 is 0. The number of aromatic nitrogens is 4. The van der Waals surface area contributed by atoms with Gasteiger partial charge in [0.25, 0.3) is 15.9 Å². The molecule has 4 heterocycles. The minimum atomic E-state index is -3.84. The van der Waals surface area contributed by atoms with E-state index in [-0.39, 0.29) is 23.4 Å². The van der Waals surface area contributed by atoms with Crippen LogP contribution >= 0.6 is 0 Å². The molecule has 0 spiro atoms. The zero-order valence-corrected chi connectivity index (χ0v) is 24.3. The first-order valence-corrected chi connectivity index (χ1v) is 15.1. The monoisotopic (exact) mass is 578 g/mol. The smallest absolute Gasteiger partial charge is 0.327 e. The molecule has 216 valence electrons. The van der Waals surface area contributed by atoms with Crippen molar-refractivity contribution in [2.75, 3.05) is 31.7 Å². The molecule has 1 aliphatic heterocycles. The summed E-state index contributed by atoms with van der Waals surface area (Å²) < 4.78 is 39.1. The molecular weight excluding hydrogens is 544 g/mol. The number of hydrogen-bond donors (Lipinski definition) is 0. The van der Waals surface area contributed by atoms with Crippen LogP contribution in [0.5, 0.6) is 11.6 Å². The quantitative estimate of drug-likeness (QED) is 0.233. The molecule has 0 saturated carbocycles. The Morgan fingerprint density at radius 2 is 1.83 bits per heavy atom. The molecule has 0 bridgehead atoms. The fourth-order valence-electron chi connectivity index (χ4n) is 4.79. The van der Waals surface area contributed by atoms with Crippen molar-refractivity contribution >= 4 is 33.0 Å². The van der Waals surface area contributed by atoms with Gasteiger partial charge in [-0.15, -0.1) is 0 Å². The molecule has 1 aromatic carbocycles. The normalized spacial score (nSPS) is 14.1. The molecule has 11 nitrogen and oxygen atoms in total. The lowest BCUT2D eigenvalue weighted by molar-refractivity contribution is 0.192. The number of anilines is 1. The number of ether oxygens (including phenoxy) is 2. The van der Waals surface area contributed by atoms with Crippen LogP contribution in [0.3, 0.4) is 0 Å². The van der Waals surface area contributed by atoms with Crippen LogP contribution in [-0.4, -0.2) is 65.1 Å². The zero-order valence-electron chi connectivity index (χ0n) is 23.5. The van der Waals surface area contributed by atoms with Crippen molar-refractivity contribution in [2.45, 2.75) is 51.0 Å². The lowest BCUT2D eigenvalue weighted by Gasteiger charge is -2.34. The summed E-state index contributed by atoms with van der Waals surface area (Å²) in [7, 11) is -2.31. The lowest BCUT2D eigenvalue weighted by atomic mass is 10.1. The Balaban J connectivity index is 1.38. The topological polar surface area (TPSA) is 120 Å². The van der Waals surface area contributed by atoms with Crippen LogP contribution in [0.2, 0.25) is 0 Å². The zero-order chi connectivity index (χ0) is 29.0. The molecule has 41 heavy (non-hydrogen) atoms. The number of carbonyl (C=O) groups is 1. The van der Waals surface area contributed by atoms with E-state index in [1.807, 2.05) is 13.0 Å². The maximum atomic E-state index is 13.6. The van der Waals surface area contributed by atoms with Gasteiger partial charge in [-0.25, -0.2) is 27.2 Å². The number of methoxy groups -OCH3 is 1. The van der Waals surface area contributed by atoms with Crippen LogP contribution in [0.1, 0.15) is 43.7 Å². The summed E-state index contributed by atoms with van der Waals surface area (Å²) in [5.41, 5.74) is 2.07. The predicted molar refractivity (Wildman–Crippen MR) is 155 cm³/mol. The molecule has 0 aliphatic carbocycles. The number of nitrogens with zero attached hydrogens (tertiary/aromatic N) is 6. The van der Waals surface area contributed by atoms with Crippen LogP contribution in [0.4, 0.5) is 10.7 Å². The van der Waals surface area contributed by atoms with Crippen LogP contribution in [-0.2, 0) is 16.6 Å². The second kappa shape index (κ2) is 12.1. The lowest BCUT2D eigenvalue weighted by Crippen LogP contribution is -2.49. The van der Waals surface area contributed by atoms with Crippen LogP contribution in [0.25, 0.3) is 11.0 Å². The first-order valence-electron chi connectivity index (χ1n) is 13.7. The van der Waals surface area contributed by atoms with E-state index in [2.05, 4.69) is 21.9 Å². The standard InChI is InChI=1S/C29H34N6O5S/c1-4-5-6-18-40-27-25(39-3)19-31-28(32-27)34-16-7-15-33(29(34)36)20-22-12-14-30-26-24(22)13-17-35(26)41(37,38)23-10-8-21(2)9-11-23/h8-14,17,19H,4-7,15-16,18,20H2,1-3H3. The second-order valence-corrected chi connectivity index (χ2v) is 11.8.